The minimum absolute atomic E-state index is 0.0276. The molecule has 0 bridgehead atoms. The third-order valence-electron chi connectivity index (χ3n) is 2.60. The highest BCUT2D eigenvalue weighted by atomic mass is 35.5. The number of nitro groups is 1. The Morgan fingerprint density at radius 1 is 1.10 bits per heavy atom. The van der Waals surface area contributed by atoms with E-state index in [0.29, 0.717) is 17.1 Å². The Bertz CT molecular complexity index is 621. The van der Waals surface area contributed by atoms with Gasteiger partial charge >= 0.3 is 0 Å². The van der Waals surface area contributed by atoms with Gasteiger partial charge in [0.25, 0.3) is 5.69 Å². The van der Waals surface area contributed by atoms with Gasteiger partial charge in [0, 0.05) is 23.3 Å². The minimum Gasteiger partial charge on any atom is -0.321 e. The third-order valence-corrected chi connectivity index (χ3v) is 3.25. The Hall–Kier alpha value is -1.82. The number of hydrogen-bond donors (Lipinski definition) is 2. The maximum absolute atomic E-state index is 10.8. The van der Waals surface area contributed by atoms with Crippen LogP contribution in [0.25, 0.3) is 0 Å². The first kappa shape index (κ1) is 14.6. The molecule has 0 saturated carbocycles. The number of nitro benzene ring substituents is 1. The molecule has 0 aromatic heterocycles. The molecule has 20 heavy (non-hydrogen) atoms. The van der Waals surface area contributed by atoms with Gasteiger partial charge < -0.3 is 5.43 Å². The quantitative estimate of drug-likeness (QED) is 0.646. The minimum atomic E-state index is -0.535. The summed E-state index contributed by atoms with van der Waals surface area (Å²) in [6.07, 6.45) is 0. The van der Waals surface area contributed by atoms with Crippen LogP contribution in [-0.2, 0) is 6.54 Å². The first-order valence-electron chi connectivity index (χ1n) is 5.74. The molecule has 0 amide bonds. The topological polar surface area (TPSA) is 67.2 Å². The lowest BCUT2D eigenvalue weighted by atomic mass is 10.2. The second-order valence-electron chi connectivity index (χ2n) is 4.00. The Kier molecular flexibility index (Phi) is 4.79. The standard InChI is InChI=1S/C13H11Cl2N3O2/c14-11-7-12(15)13(18(19)20)6-9(11)8-16-17-10-4-2-1-3-5-10/h1-7,16-17H,8H2. The van der Waals surface area contributed by atoms with E-state index in [1.54, 1.807) is 0 Å². The van der Waals surface area contributed by atoms with Gasteiger partial charge in [-0.1, -0.05) is 41.4 Å². The molecule has 0 atom stereocenters. The van der Waals surface area contributed by atoms with Gasteiger partial charge in [0.2, 0.25) is 0 Å². The Morgan fingerprint density at radius 2 is 1.80 bits per heavy atom. The zero-order chi connectivity index (χ0) is 14.5. The van der Waals surface area contributed by atoms with Crippen molar-refractivity contribution in [3.8, 4) is 0 Å². The highest BCUT2D eigenvalue weighted by Crippen LogP contribution is 2.30. The van der Waals surface area contributed by atoms with E-state index in [1.807, 2.05) is 30.3 Å². The highest BCUT2D eigenvalue weighted by molar-refractivity contribution is 6.36. The molecule has 0 saturated heterocycles. The highest BCUT2D eigenvalue weighted by Gasteiger charge is 2.15. The molecule has 7 heteroatoms. The number of nitrogens with zero attached hydrogens (tertiary/aromatic N) is 1. The van der Waals surface area contributed by atoms with Gasteiger partial charge in [0.15, 0.2) is 0 Å². The number of hydrazine groups is 1. The number of halogens is 2. The lowest BCUT2D eigenvalue weighted by molar-refractivity contribution is -0.384. The summed E-state index contributed by atoms with van der Waals surface area (Å²) in [5.41, 5.74) is 7.23. The van der Waals surface area contributed by atoms with Crippen LogP contribution in [-0.4, -0.2) is 4.92 Å². The Labute approximate surface area is 125 Å². The first-order chi connectivity index (χ1) is 9.58. The van der Waals surface area contributed by atoms with Gasteiger partial charge in [-0.05, 0) is 23.8 Å². The predicted molar refractivity (Wildman–Crippen MR) is 80.0 cm³/mol. The second-order valence-corrected chi connectivity index (χ2v) is 4.81. The van der Waals surface area contributed by atoms with Gasteiger partial charge in [-0.25, -0.2) is 5.43 Å². The molecule has 0 aliphatic heterocycles. The molecule has 0 aliphatic rings. The summed E-state index contributed by atoms with van der Waals surface area (Å²) in [5.74, 6) is 0. The van der Waals surface area contributed by atoms with E-state index < -0.39 is 4.92 Å². The van der Waals surface area contributed by atoms with Crippen LogP contribution >= 0.6 is 23.2 Å². The van der Waals surface area contributed by atoms with Crippen LogP contribution in [0, 0.1) is 10.1 Å². The maximum Gasteiger partial charge on any atom is 0.288 e. The molecular formula is C13H11Cl2N3O2. The molecule has 2 aromatic rings. The average molecular weight is 312 g/mol. The summed E-state index contributed by atoms with van der Waals surface area (Å²) in [7, 11) is 0. The van der Waals surface area contributed by atoms with Crippen LogP contribution in [0.1, 0.15) is 5.56 Å². The Morgan fingerprint density at radius 3 is 2.45 bits per heavy atom. The first-order valence-corrected chi connectivity index (χ1v) is 6.50. The van der Waals surface area contributed by atoms with Crippen LogP contribution in [0.3, 0.4) is 0 Å². The molecule has 2 N–H and O–H groups in total. The molecule has 5 nitrogen and oxygen atoms in total. The van der Waals surface area contributed by atoms with Crippen LogP contribution in [0.4, 0.5) is 11.4 Å². The van der Waals surface area contributed by atoms with Crippen LogP contribution < -0.4 is 10.9 Å². The average Bonchev–Trinajstić information content (AvgIpc) is 2.42. The smallest absolute Gasteiger partial charge is 0.288 e. The number of para-hydroxylation sites is 1. The largest absolute Gasteiger partial charge is 0.321 e. The van der Waals surface area contributed by atoms with Crippen molar-refractivity contribution in [2.45, 2.75) is 6.54 Å². The van der Waals surface area contributed by atoms with E-state index in [1.165, 1.54) is 12.1 Å². The molecule has 0 spiro atoms. The molecule has 2 aromatic carbocycles. The fourth-order valence-electron chi connectivity index (χ4n) is 1.62. The molecule has 0 unspecified atom stereocenters. The van der Waals surface area contributed by atoms with Crippen molar-refractivity contribution >= 4 is 34.6 Å². The maximum atomic E-state index is 10.8. The zero-order valence-electron chi connectivity index (χ0n) is 10.3. The van der Waals surface area contributed by atoms with Crippen molar-refractivity contribution in [2.75, 3.05) is 5.43 Å². The van der Waals surface area contributed by atoms with E-state index in [9.17, 15) is 10.1 Å². The van der Waals surface area contributed by atoms with E-state index in [4.69, 9.17) is 23.2 Å². The monoisotopic (exact) mass is 311 g/mol. The van der Waals surface area contributed by atoms with Gasteiger partial charge in [-0.3, -0.25) is 10.1 Å². The summed E-state index contributed by atoms with van der Waals surface area (Å²) in [4.78, 5) is 10.3. The van der Waals surface area contributed by atoms with Gasteiger partial charge in [0.1, 0.15) is 5.02 Å². The van der Waals surface area contributed by atoms with Gasteiger partial charge in [-0.2, -0.15) is 0 Å². The molecule has 0 fully saturated rings. The van der Waals surface area contributed by atoms with E-state index in [-0.39, 0.29) is 10.7 Å². The number of rotatable bonds is 5. The molecule has 0 heterocycles. The summed E-state index contributed by atoms with van der Waals surface area (Å²) < 4.78 is 0. The normalized spacial score (nSPS) is 10.3. The van der Waals surface area contributed by atoms with Crippen LogP contribution in [0.15, 0.2) is 42.5 Å². The predicted octanol–water partition coefficient (Wildman–Crippen LogP) is 4.02. The lowest BCUT2D eigenvalue weighted by Crippen LogP contribution is -2.21. The van der Waals surface area contributed by atoms with Gasteiger partial charge in [0.05, 0.1) is 4.92 Å². The van der Waals surface area contributed by atoms with Crippen LogP contribution in [0.2, 0.25) is 10.0 Å². The van der Waals surface area contributed by atoms with Crippen molar-refractivity contribution in [3.63, 3.8) is 0 Å². The van der Waals surface area contributed by atoms with Gasteiger partial charge in [-0.15, -0.1) is 0 Å². The second kappa shape index (κ2) is 6.56. The zero-order valence-corrected chi connectivity index (χ0v) is 11.8. The fourth-order valence-corrected chi connectivity index (χ4v) is 2.14. The van der Waals surface area contributed by atoms with E-state index in [2.05, 4.69) is 10.9 Å². The summed E-state index contributed by atoms with van der Waals surface area (Å²) >= 11 is 11.8. The number of hydrogen-bond acceptors (Lipinski definition) is 4. The lowest BCUT2D eigenvalue weighted by Gasteiger charge is -2.10. The van der Waals surface area contributed by atoms with Crippen molar-refractivity contribution < 1.29 is 4.92 Å². The third kappa shape index (κ3) is 3.60. The summed E-state index contributed by atoms with van der Waals surface area (Å²) in [6, 6.07) is 12.2. The Balaban J connectivity index is 2.06. The molecule has 0 radical (unpaired) electrons. The van der Waals surface area contributed by atoms with Crippen molar-refractivity contribution in [3.05, 3.63) is 68.2 Å². The van der Waals surface area contributed by atoms with E-state index >= 15 is 0 Å². The number of nitrogens with one attached hydrogen (secondary N) is 2. The summed E-state index contributed by atoms with van der Waals surface area (Å²) in [6.45, 7) is 0.325. The molecular weight excluding hydrogens is 301 g/mol. The SMILES string of the molecule is O=[N+]([O-])c1cc(CNNc2ccccc2)c(Cl)cc1Cl. The van der Waals surface area contributed by atoms with Crippen molar-refractivity contribution in [1.29, 1.82) is 0 Å². The van der Waals surface area contributed by atoms with E-state index in [0.717, 1.165) is 5.69 Å². The number of anilines is 1. The van der Waals surface area contributed by atoms with Crippen molar-refractivity contribution in [2.24, 2.45) is 0 Å². The van der Waals surface area contributed by atoms with Crippen molar-refractivity contribution in [1.82, 2.24) is 5.43 Å². The fraction of sp³-hybridized carbons (Fsp3) is 0.0769. The number of benzene rings is 2. The van der Waals surface area contributed by atoms with Crippen LogP contribution in [0.5, 0.6) is 0 Å². The molecule has 104 valence electrons. The summed E-state index contributed by atoms with van der Waals surface area (Å²) in [5, 5.41) is 11.2. The molecule has 0 aliphatic carbocycles. The molecule has 2 rings (SSSR count).